The number of carbonyl (C=O) groups is 1. The Balaban J connectivity index is 1.76. The predicted octanol–water partition coefficient (Wildman–Crippen LogP) is 2.87. The quantitative estimate of drug-likeness (QED) is 0.790. The number of hydrogen-bond donors (Lipinski definition) is 2. The van der Waals surface area contributed by atoms with Crippen LogP contribution in [0.25, 0.3) is 0 Å². The fraction of sp³-hybridized carbons (Fsp3) is 0.462. The Labute approximate surface area is 117 Å². The van der Waals surface area contributed by atoms with E-state index in [1.165, 1.54) is 12.8 Å². The lowest BCUT2D eigenvalue weighted by molar-refractivity contribution is 0.0953. The zero-order chi connectivity index (χ0) is 13.0. The molecule has 1 saturated carbocycles. The van der Waals surface area contributed by atoms with Crippen LogP contribution in [0.2, 0.25) is 10.0 Å². The van der Waals surface area contributed by atoms with Crippen molar-refractivity contribution in [3.8, 4) is 0 Å². The van der Waals surface area contributed by atoms with Crippen molar-refractivity contribution in [3.63, 3.8) is 0 Å². The summed E-state index contributed by atoms with van der Waals surface area (Å²) in [5.74, 6) is -0.211. The van der Waals surface area contributed by atoms with Crippen molar-refractivity contribution in [1.82, 2.24) is 10.6 Å². The van der Waals surface area contributed by atoms with Crippen LogP contribution in [0.15, 0.2) is 18.2 Å². The molecule has 0 radical (unpaired) electrons. The molecule has 0 spiro atoms. The Morgan fingerprint density at radius 1 is 1.22 bits per heavy atom. The maximum absolute atomic E-state index is 11.9. The topological polar surface area (TPSA) is 41.1 Å². The predicted molar refractivity (Wildman–Crippen MR) is 74.4 cm³/mol. The molecule has 18 heavy (non-hydrogen) atoms. The summed E-state index contributed by atoms with van der Waals surface area (Å²) in [6.07, 6.45) is 3.47. The molecule has 0 unspecified atom stereocenters. The molecule has 0 saturated heterocycles. The van der Waals surface area contributed by atoms with Gasteiger partial charge in [-0.3, -0.25) is 4.79 Å². The highest BCUT2D eigenvalue weighted by Gasteiger charge is 2.19. The van der Waals surface area contributed by atoms with Crippen LogP contribution in [0.1, 0.15) is 29.6 Å². The average Bonchev–Trinajstić information content (AvgIpc) is 3.12. The summed E-state index contributed by atoms with van der Waals surface area (Å²) >= 11 is 11.9. The van der Waals surface area contributed by atoms with Gasteiger partial charge in [0, 0.05) is 12.6 Å². The summed E-state index contributed by atoms with van der Waals surface area (Å²) in [7, 11) is 0. The van der Waals surface area contributed by atoms with Gasteiger partial charge in [-0.25, -0.2) is 0 Å². The lowest BCUT2D eigenvalue weighted by Crippen LogP contribution is -2.28. The van der Waals surface area contributed by atoms with E-state index in [0.717, 1.165) is 13.0 Å². The molecular weight excluding hydrogens is 271 g/mol. The summed E-state index contributed by atoms with van der Waals surface area (Å²) in [6.45, 7) is 1.56. The Bertz CT molecular complexity index is 413. The van der Waals surface area contributed by atoms with Gasteiger partial charge in [0.15, 0.2) is 0 Å². The number of nitrogens with one attached hydrogen (secondary N) is 2. The van der Waals surface area contributed by atoms with Crippen molar-refractivity contribution in [1.29, 1.82) is 0 Å². The molecule has 98 valence electrons. The number of halogens is 2. The molecule has 0 heterocycles. The Morgan fingerprint density at radius 2 is 1.89 bits per heavy atom. The van der Waals surface area contributed by atoms with Gasteiger partial charge >= 0.3 is 0 Å². The van der Waals surface area contributed by atoms with Gasteiger partial charge in [-0.15, -0.1) is 0 Å². The monoisotopic (exact) mass is 286 g/mol. The van der Waals surface area contributed by atoms with Gasteiger partial charge < -0.3 is 10.6 Å². The van der Waals surface area contributed by atoms with E-state index in [1.807, 2.05) is 0 Å². The van der Waals surface area contributed by atoms with Crippen LogP contribution in [0, 0.1) is 0 Å². The van der Waals surface area contributed by atoms with E-state index in [9.17, 15) is 4.79 Å². The van der Waals surface area contributed by atoms with Crippen LogP contribution in [-0.4, -0.2) is 25.0 Å². The van der Waals surface area contributed by atoms with E-state index in [4.69, 9.17) is 23.2 Å². The van der Waals surface area contributed by atoms with E-state index in [1.54, 1.807) is 18.2 Å². The highest BCUT2D eigenvalue weighted by atomic mass is 35.5. The first kappa shape index (κ1) is 13.7. The van der Waals surface area contributed by atoms with Gasteiger partial charge in [0.25, 0.3) is 5.91 Å². The highest BCUT2D eigenvalue weighted by Crippen LogP contribution is 2.23. The second-order valence-electron chi connectivity index (χ2n) is 4.43. The smallest absolute Gasteiger partial charge is 0.254 e. The summed E-state index contributed by atoms with van der Waals surface area (Å²) in [6, 6.07) is 5.76. The first-order chi connectivity index (χ1) is 8.68. The number of benzene rings is 1. The minimum absolute atomic E-state index is 0.211. The van der Waals surface area contributed by atoms with Gasteiger partial charge in [0.1, 0.15) is 0 Å². The van der Waals surface area contributed by atoms with Crippen LogP contribution < -0.4 is 10.6 Å². The minimum Gasteiger partial charge on any atom is -0.352 e. The summed E-state index contributed by atoms with van der Waals surface area (Å²) in [4.78, 5) is 11.9. The van der Waals surface area contributed by atoms with Crippen molar-refractivity contribution in [2.75, 3.05) is 13.1 Å². The molecule has 1 fully saturated rings. The molecule has 1 aromatic rings. The Kier molecular flexibility index (Phi) is 4.87. The van der Waals surface area contributed by atoms with Crippen molar-refractivity contribution in [2.45, 2.75) is 25.3 Å². The maximum Gasteiger partial charge on any atom is 0.254 e. The molecule has 1 aliphatic carbocycles. The fourth-order valence-corrected chi connectivity index (χ4v) is 2.26. The fourth-order valence-electron chi connectivity index (χ4n) is 1.69. The Hall–Kier alpha value is -0.770. The largest absolute Gasteiger partial charge is 0.352 e. The first-order valence-electron chi connectivity index (χ1n) is 6.14. The third-order valence-electron chi connectivity index (χ3n) is 2.84. The van der Waals surface area contributed by atoms with Gasteiger partial charge in [-0.2, -0.15) is 0 Å². The summed E-state index contributed by atoms with van der Waals surface area (Å²) in [5, 5.41) is 6.99. The summed E-state index contributed by atoms with van der Waals surface area (Å²) in [5.41, 5.74) is 0.357. The molecule has 3 nitrogen and oxygen atoms in total. The number of rotatable bonds is 6. The first-order valence-corrected chi connectivity index (χ1v) is 6.89. The molecule has 2 N–H and O–H groups in total. The molecule has 2 rings (SSSR count). The van der Waals surface area contributed by atoms with Crippen molar-refractivity contribution >= 4 is 29.1 Å². The molecule has 5 heteroatoms. The van der Waals surface area contributed by atoms with Crippen LogP contribution in [0.4, 0.5) is 0 Å². The highest BCUT2D eigenvalue weighted by molar-refractivity contribution is 6.39. The second kappa shape index (κ2) is 6.41. The van der Waals surface area contributed by atoms with E-state index >= 15 is 0 Å². The van der Waals surface area contributed by atoms with Crippen molar-refractivity contribution in [2.24, 2.45) is 0 Å². The molecule has 0 bridgehead atoms. The molecule has 1 aromatic carbocycles. The lowest BCUT2D eigenvalue weighted by atomic mass is 10.2. The Morgan fingerprint density at radius 3 is 2.50 bits per heavy atom. The lowest BCUT2D eigenvalue weighted by Gasteiger charge is -2.08. The van der Waals surface area contributed by atoms with Crippen LogP contribution in [0.3, 0.4) is 0 Å². The molecule has 0 atom stereocenters. The zero-order valence-corrected chi connectivity index (χ0v) is 11.5. The molecule has 1 aliphatic rings. The standard InChI is InChI=1S/C13H16Cl2N2O/c14-10-3-1-4-11(15)12(10)13(18)17-8-2-7-16-9-5-6-9/h1,3-4,9,16H,2,5-8H2,(H,17,18). The summed E-state index contributed by atoms with van der Waals surface area (Å²) < 4.78 is 0. The van der Waals surface area contributed by atoms with Gasteiger partial charge in [0.05, 0.1) is 15.6 Å². The normalized spacial score (nSPS) is 14.6. The number of amides is 1. The number of carbonyl (C=O) groups excluding carboxylic acids is 1. The second-order valence-corrected chi connectivity index (χ2v) is 5.25. The van der Waals surface area contributed by atoms with Crippen LogP contribution in [0.5, 0.6) is 0 Å². The SMILES string of the molecule is O=C(NCCCNC1CC1)c1c(Cl)cccc1Cl. The maximum atomic E-state index is 11.9. The van der Waals surface area contributed by atoms with E-state index in [-0.39, 0.29) is 5.91 Å². The molecular formula is C13H16Cl2N2O. The van der Waals surface area contributed by atoms with Crippen molar-refractivity contribution in [3.05, 3.63) is 33.8 Å². The van der Waals surface area contributed by atoms with Crippen LogP contribution >= 0.6 is 23.2 Å². The van der Waals surface area contributed by atoms with E-state index < -0.39 is 0 Å². The average molecular weight is 287 g/mol. The third-order valence-corrected chi connectivity index (χ3v) is 3.47. The van der Waals surface area contributed by atoms with Gasteiger partial charge in [-0.05, 0) is 37.9 Å². The van der Waals surface area contributed by atoms with Gasteiger partial charge in [-0.1, -0.05) is 29.3 Å². The minimum atomic E-state index is -0.211. The van der Waals surface area contributed by atoms with E-state index in [0.29, 0.717) is 28.2 Å². The zero-order valence-electron chi connectivity index (χ0n) is 10.0. The van der Waals surface area contributed by atoms with Crippen LogP contribution in [-0.2, 0) is 0 Å². The molecule has 0 aliphatic heterocycles. The number of hydrogen-bond acceptors (Lipinski definition) is 2. The molecule has 0 aromatic heterocycles. The van der Waals surface area contributed by atoms with E-state index in [2.05, 4.69) is 10.6 Å². The van der Waals surface area contributed by atoms with Gasteiger partial charge in [0.2, 0.25) is 0 Å². The van der Waals surface area contributed by atoms with Crippen molar-refractivity contribution < 1.29 is 4.79 Å². The third kappa shape index (κ3) is 3.87. The molecule has 1 amide bonds.